The van der Waals surface area contributed by atoms with Crippen LogP contribution in [-0.2, 0) is 0 Å². The van der Waals surface area contributed by atoms with Gasteiger partial charge in [-0.1, -0.05) is 11.6 Å². The molecule has 0 saturated heterocycles. The molecule has 0 spiro atoms. The van der Waals surface area contributed by atoms with Crippen LogP contribution in [0.5, 0.6) is 0 Å². The van der Waals surface area contributed by atoms with Crippen LogP contribution in [0.4, 0.5) is 4.39 Å². The van der Waals surface area contributed by atoms with Gasteiger partial charge in [-0.15, -0.1) is 0 Å². The van der Waals surface area contributed by atoms with Gasteiger partial charge in [0.05, 0.1) is 23.1 Å². The van der Waals surface area contributed by atoms with Gasteiger partial charge >= 0.3 is 0 Å². The van der Waals surface area contributed by atoms with Crippen molar-refractivity contribution in [3.05, 3.63) is 34.6 Å². The SMILES string of the molecule is CC(CC#N)N(C)C(=O)c1ccc(F)cc1Cl. The molecule has 0 aliphatic carbocycles. The average molecular weight is 255 g/mol. The molecule has 0 saturated carbocycles. The van der Waals surface area contributed by atoms with Gasteiger partial charge in [0.2, 0.25) is 0 Å². The molecule has 1 amide bonds. The number of benzene rings is 1. The molecule has 1 rings (SSSR count). The number of carbonyl (C=O) groups excluding carboxylic acids is 1. The highest BCUT2D eigenvalue weighted by molar-refractivity contribution is 6.33. The van der Waals surface area contributed by atoms with Crippen LogP contribution in [0.1, 0.15) is 23.7 Å². The molecule has 0 aromatic heterocycles. The van der Waals surface area contributed by atoms with E-state index in [4.69, 9.17) is 16.9 Å². The maximum absolute atomic E-state index is 12.8. The molecule has 0 aliphatic rings. The lowest BCUT2D eigenvalue weighted by Crippen LogP contribution is -2.35. The maximum Gasteiger partial charge on any atom is 0.255 e. The minimum absolute atomic E-state index is 0.0750. The van der Waals surface area contributed by atoms with E-state index in [9.17, 15) is 9.18 Å². The predicted molar refractivity (Wildman–Crippen MR) is 63.2 cm³/mol. The van der Waals surface area contributed by atoms with Gasteiger partial charge in [0, 0.05) is 13.1 Å². The molecule has 1 aromatic carbocycles. The highest BCUT2D eigenvalue weighted by atomic mass is 35.5. The van der Waals surface area contributed by atoms with E-state index in [0.717, 1.165) is 6.07 Å². The van der Waals surface area contributed by atoms with Crippen molar-refractivity contribution >= 4 is 17.5 Å². The van der Waals surface area contributed by atoms with E-state index in [1.54, 1.807) is 14.0 Å². The average Bonchev–Trinajstić information content (AvgIpc) is 2.27. The largest absolute Gasteiger partial charge is 0.338 e. The zero-order valence-corrected chi connectivity index (χ0v) is 10.3. The number of hydrogen-bond donors (Lipinski definition) is 0. The summed E-state index contributed by atoms with van der Waals surface area (Å²) in [6, 6.07) is 5.40. The molecule has 3 nitrogen and oxygen atoms in total. The Kier molecular flexibility index (Phi) is 4.47. The molecule has 0 aliphatic heterocycles. The van der Waals surface area contributed by atoms with Crippen molar-refractivity contribution in [3.63, 3.8) is 0 Å². The molecule has 1 atom stereocenters. The van der Waals surface area contributed by atoms with Crippen LogP contribution < -0.4 is 0 Å². The zero-order valence-electron chi connectivity index (χ0n) is 9.58. The smallest absolute Gasteiger partial charge is 0.255 e. The van der Waals surface area contributed by atoms with Crippen molar-refractivity contribution in [3.8, 4) is 6.07 Å². The predicted octanol–water partition coefficient (Wildman–Crippen LogP) is 2.85. The van der Waals surface area contributed by atoms with Crippen molar-refractivity contribution in [2.75, 3.05) is 7.05 Å². The van der Waals surface area contributed by atoms with E-state index in [0.29, 0.717) is 0 Å². The Balaban J connectivity index is 2.93. The first-order valence-corrected chi connectivity index (χ1v) is 5.44. The lowest BCUT2D eigenvalue weighted by molar-refractivity contribution is 0.0746. The first-order valence-electron chi connectivity index (χ1n) is 5.06. The molecule has 1 aromatic rings. The van der Waals surface area contributed by atoms with Crippen LogP contribution in [-0.4, -0.2) is 23.9 Å². The van der Waals surface area contributed by atoms with Crippen LogP contribution in [0.25, 0.3) is 0 Å². The van der Waals surface area contributed by atoms with Crippen molar-refractivity contribution in [1.82, 2.24) is 4.90 Å². The topological polar surface area (TPSA) is 44.1 Å². The van der Waals surface area contributed by atoms with Crippen LogP contribution in [0.2, 0.25) is 5.02 Å². The lowest BCUT2D eigenvalue weighted by atomic mass is 10.1. The van der Waals surface area contributed by atoms with Crippen molar-refractivity contribution in [2.24, 2.45) is 0 Å². The Labute approximate surface area is 104 Å². The highest BCUT2D eigenvalue weighted by Crippen LogP contribution is 2.19. The molecule has 5 heteroatoms. The van der Waals surface area contributed by atoms with E-state index >= 15 is 0 Å². The third kappa shape index (κ3) is 3.18. The highest BCUT2D eigenvalue weighted by Gasteiger charge is 2.19. The van der Waals surface area contributed by atoms with Crippen molar-refractivity contribution < 1.29 is 9.18 Å². The number of nitrogens with zero attached hydrogens (tertiary/aromatic N) is 2. The van der Waals surface area contributed by atoms with E-state index < -0.39 is 5.82 Å². The number of halogens is 2. The molecular formula is C12H12ClFN2O. The molecule has 0 fully saturated rings. The molecule has 0 bridgehead atoms. The number of rotatable bonds is 3. The third-order valence-electron chi connectivity index (χ3n) is 2.53. The monoisotopic (exact) mass is 254 g/mol. The van der Waals surface area contributed by atoms with E-state index in [-0.39, 0.29) is 29.0 Å². The van der Waals surface area contributed by atoms with Crippen LogP contribution in [0.15, 0.2) is 18.2 Å². The Morgan fingerprint density at radius 1 is 1.65 bits per heavy atom. The molecule has 17 heavy (non-hydrogen) atoms. The standard InChI is InChI=1S/C12H12ClFN2O/c1-8(5-6-15)16(2)12(17)10-4-3-9(14)7-11(10)13/h3-4,7-8H,5H2,1-2H3. The number of hydrogen-bond acceptors (Lipinski definition) is 2. The van der Waals surface area contributed by atoms with Crippen LogP contribution in [0.3, 0.4) is 0 Å². The summed E-state index contributed by atoms with van der Waals surface area (Å²) in [5.41, 5.74) is 0.236. The number of amides is 1. The van der Waals surface area contributed by atoms with Gasteiger partial charge in [-0.05, 0) is 25.1 Å². The Morgan fingerprint density at radius 3 is 2.82 bits per heavy atom. The maximum atomic E-state index is 12.8. The van der Waals surface area contributed by atoms with Crippen LogP contribution in [0, 0.1) is 17.1 Å². The minimum Gasteiger partial charge on any atom is -0.338 e. The normalized spacial score (nSPS) is 11.7. The van der Waals surface area contributed by atoms with Gasteiger partial charge in [-0.25, -0.2) is 4.39 Å². The van der Waals surface area contributed by atoms with Crippen molar-refractivity contribution in [2.45, 2.75) is 19.4 Å². The molecule has 0 heterocycles. The van der Waals surface area contributed by atoms with E-state index in [2.05, 4.69) is 0 Å². The lowest BCUT2D eigenvalue weighted by Gasteiger charge is -2.23. The number of carbonyl (C=O) groups is 1. The van der Waals surface area contributed by atoms with Gasteiger partial charge in [0.15, 0.2) is 0 Å². The van der Waals surface area contributed by atoms with Gasteiger partial charge in [0.1, 0.15) is 5.82 Å². The third-order valence-corrected chi connectivity index (χ3v) is 2.84. The summed E-state index contributed by atoms with van der Waals surface area (Å²) < 4.78 is 12.8. The van der Waals surface area contributed by atoms with Gasteiger partial charge in [-0.2, -0.15) is 5.26 Å². The minimum atomic E-state index is -0.487. The fourth-order valence-electron chi connectivity index (χ4n) is 1.32. The summed E-state index contributed by atoms with van der Waals surface area (Å²) in [6.07, 6.45) is 0.237. The van der Waals surface area contributed by atoms with E-state index in [1.807, 2.05) is 6.07 Å². The van der Waals surface area contributed by atoms with Crippen LogP contribution >= 0.6 is 11.6 Å². The molecule has 90 valence electrons. The second kappa shape index (κ2) is 5.65. The molecule has 1 unspecified atom stereocenters. The summed E-state index contributed by atoms with van der Waals surface area (Å²) in [5, 5.41) is 8.64. The van der Waals surface area contributed by atoms with Gasteiger partial charge < -0.3 is 4.90 Å². The number of nitriles is 1. The zero-order chi connectivity index (χ0) is 13.0. The first kappa shape index (κ1) is 13.5. The summed E-state index contributed by atoms with van der Waals surface area (Å²) in [6.45, 7) is 1.76. The second-order valence-electron chi connectivity index (χ2n) is 3.75. The summed E-state index contributed by atoms with van der Waals surface area (Å²) in [5.74, 6) is -0.808. The Morgan fingerprint density at radius 2 is 2.29 bits per heavy atom. The van der Waals surface area contributed by atoms with Gasteiger partial charge in [0.25, 0.3) is 5.91 Å². The second-order valence-corrected chi connectivity index (χ2v) is 4.16. The Bertz CT molecular complexity index is 470. The fourth-order valence-corrected chi connectivity index (χ4v) is 1.57. The fraction of sp³-hybridized carbons (Fsp3) is 0.333. The summed E-state index contributed by atoms with van der Waals surface area (Å²) in [7, 11) is 1.59. The Hall–Kier alpha value is -1.60. The quantitative estimate of drug-likeness (QED) is 0.833. The van der Waals surface area contributed by atoms with Gasteiger partial charge in [-0.3, -0.25) is 4.79 Å². The first-order chi connectivity index (χ1) is 7.97. The molecule has 0 N–H and O–H groups in total. The van der Waals surface area contributed by atoms with Crippen molar-refractivity contribution in [1.29, 1.82) is 5.26 Å². The molecular weight excluding hydrogens is 243 g/mol. The van der Waals surface area contributed by atoms with E-state index in [1.165, 1.54) is 17.0 Å². The summed E-state index contributed by atoms with van der Waals surface area (Å²) >= 11 is 5.80. The summed E-state index contributed by atoms with van der Waals surface area (Å²) in [4.78, 5) is 13.4. The molecule has 0 radical (unpaired) electrons.